The third kappa shape index (κ3) is 7.21. The molecule has 0 unspecified atom stereocenters. The zero-order valence-corrected chi connectivity index (χ0v) is 24.4. The maximum absolute atomic E-state index is 13.8. The molecule has 0 radical (unpaired) electrons. The van der Waals surface area contributed by atoms with Gasteiger partial charge in [-0.25, -0.2) is 4.79 Å². The molecule has 8 nitrogen and oxygen atoms in total. The Hall–Kier alpha value is -4.38. The summed E-state index contributed by atoms with van der Waals surface area (Å²) in [5.41, 5.74) is 3.96. The van der Waals surface area contributed by atoms with E-state index >= 15 is 0 Å². The van der Waals surface area contributed by atoms with E-state index in [1.807, 2.05) is 30.3 Å². The Bertz CT molecular complexity index is 1550. The Morgan fingerprint density at radius 3 is 2.18 bits per heavy atom. The van der Waals surface area contributed by atoms with Gasteiger partial charge >= 0.3 is 18.1 Å². The van der Waals surface area contributed by atoms with Gasteiger partial charge in [-0.3, -0.25) is 14.4 Å². The first-order valence-corrected chi connectivity index (χ1v) is 14.5. The van der Waals surface area contributed by atoms with Crippen molar-refractivity contribution in [2.24, 2.45) is 0 Å². The Balaban J connectivity index is 1.43. The Kier molecular flexibility index (Phi) is 9.24. The van der Waals surface area contributed by atoms with Crippen molar-refractivity contribution in [3.8, 4) is 11.1 Å². The molecule has 2 aliphatic heterocycles. The van der Waals surface area contributed by atoms with E-state index in [2.05, 4.69) is 9.64 Å². The molecule has 3 aromatic carbocycles. The van der Waals surface area contributed by atoms with Crippen molar-refractivity contribution in [1.82, 2.24) is 4.90 Å². The fourth-order valence-electron chi connectivity index (χ4n) is 5.33. The lowest BCUT2D eigenvalue weighted by molar-refractivity contribution is -0.201. The van der Waals surface area contributed by atoms with E-state index < -0.39 is 49.4 Å². The minimum Gasteiger partial charge on any atom is -0.386 e. The summed E-state index contributed by atoms with van der Waals surface area (Å²) in [5, 5.41) is 0.518. The van der Waals surface area contributed by atoms with E-state index in [0.29, 0.717) is 10.7 Å². The quantitative estimate of drug-likeness (QED) is 0.236. The molecular weight excluding hydrogens is 599 g/mol. The van der Waals surface area contributed by atoms with Gasteiger partial charge in [0.25, 0.3) is 5.91 Å². The zero-order chi connectivity index (χ0) is 31.4. The van der Waals surface area contributed by atoms with Crippen LogP contribution in [-0.2, 0) is 25.7 Å². The third-order valence-corrected chi connectivity index (χ3v) is 7.88. The Morgan fingerprint density at radius 1 is 0.864 bits per heavy atom. The van der Waals surface area contributed by atoms with Crippen molar-refractivity contribution < 1.29 is 37.1 Å². The number of esters is 2. The fraction of sp³-hybridized carbons (Fsp3) is 0.312. The van der Waals surface area contributed by atoms with Crippen molar-refractivity contribution in [3.05, 3.63) is 82.9 Å². The first kappa shape index (κ1) is 31.1. The van der Waals surface area contributed by atoms with Crippen molar-refractivity contribution in [2.45, 2.75) is 38.4 Å². The molecular formula is C32H29ClF3N3O5. The highest BCUT2D eigenvalue weighted by Gasteiger charge is 2.42. The number of piperidine rings is 1. The number of fused-ring (bicyclic) bond motifs is 1. The van der Waals surface area contributed by atoms with Crippen LogP contribution in [0.2, 0.25) is 5.02 Å². The molecule has 44 heavy (non-hydrogen) atoms. The minimum absolute atomic E-state index is 0.121. The van der Waals surface area contributed by atoms with Crippen LogP contribution in [0.5, 0.6) is 0 Å². The lowest BCUT2D eigenvalue weighted by atomic mass is 9.99. The van der Waals surface area contributed by atoms with Crippen LogP contribution >= 0.6 is 11.6 Å². The molecule has 0 aromatic heterocycles. The van der Waals surface area contributed by atoms with Crippen LogP contribution in [-0.4, -0.2) is 61.0 Å². The van der Waals surface area contributed by atoms with E-state index in [0.717, 1.165) is 53.2 Å². The molecule has 1 saturated heterocycles. The van der Waals surface area contributed by atoms with E-state index in [4.69, 9.17) is 11.6 Å². The van der Waals surface area contributed by atoms with Gasteiger partial charge in [0.1, 0.15) is 6.54 Å². The summed E-state index contributed by atoms with van der Waals surface area (Å²) in [6.45, 7) is 1.24. The molecule has 0 spiro atoms. The molecule has 0 atom stereocenters. The maximum atomic E-state index is 13.8. The van der Waals surface area contributed by atoms with Gasteiger partial charge in [0.05, 0.1) is 24.2 Å². The van der Waals surface area contributed by atoms with Gasteiger partial charge in [0, 0.05) is 30.3 Å². The second kappa shape index (κ2) is 13.1. The highest BCUT2D eigenvalue weighted by molar-refractivity contribution is 6.30. The molecule has 12 heteroatoms. The van der Waals surface area contributed by atoms with Gasteiger partial charge < -0.3 is 19.4 Å². The SMILES string of the molecule is O=C(CCN1CC(=O)N(Cc2ccc(Cl)cc2)c2ccc(-c3ccc(N4CCCCC4)cc3)cc2C1=O)OC(=O)C(F)(F)F. The van der Waals surface area contributed by atoms with Crippen molar-refractivity contribution in [3.63, 3.8) is 0 Å². The van der Waals surface area contributed by atoms with E-state index in [1.54, 1.807) is 36.4 Å². The summed E-state index contributed by atoms with van der Waals surface area (Å²) in [7, 11) is 0. The number of amides is 2. The normalized spacial score (nSPS) is 15.6. The van der Waals surface area contributed by atoms with E-state index in [1.165, 1.54) is 11.3 Å². The van der Waals surface area contributed by atoms with Crippen LogP contribution in [0, 0.1) is 0 Å². The average Bonchev–Trinajstić information content (AvgIpc) is 3.11. The molecule has 230 valence electrons. The number of benzene rings is 3. The van der Waals surface area contributed by atoms with Crippen LogP contribution in [0.4, 0.5) is 24.5 Å². The number of carbonyl (C=O) groups is 4. The lowest BCUT2D eigenvalue weighted by Crippen LogP contribution is -2.40. The first-order valence-electron chi connectivity index (χ1n) is 14.1. The lowest BCUT2D eigenvalue weighted by Gasteiger charge is -2.29. The first-order chi connectivity index (χ1) is 21.0. The highest BCUT2D eigenvalue weighted by atomic mass is 35.5. The predicted octanol–water partition coefficient (Wildman–Crippen LogP) is 6.01. The molecule has 0 bridgehead atoms. The van der Waals surface area contributed by atoms with Gasteiger partial charge in [-0.05, 0) is 72.4 Å². The number of rotatable bonds is 7. The molecule has 2 aliphatic rings. The van der Waals surface area contributed by atoms with Crippen molar-refractivity contribution in [1.29, 1.82) is 0 Å². The fourth-order valence-corrected chi connectivity index (χ4v) is 5.46. The second-order valence-electron chi connectivity index (χ2n) is 10.7. The van der Waals surface area contributed by atoms with E-state index in [9.17, 15) is 32.3 Å². The number of ether oxygens (including phenoxy) is 1. The summed E-state index contributed by atoms with van der Waals surface area (Å²) >= 11 is 6.02. The molecule has 3 aromatic rings. The predicted molar refractivity (Wildman–Crippen MR) is 158 cm³/mol. The maximum Gasteiger partial charge on any atom is 0.491 e. The summed E-state index contributed by atoms with van der Waals surface area (Å²) in [6, 6.07) is 20.1. The third-order valence-electron chi connectivity index (χ3n) is 7.63. The van der Waals surface area contributed by atoms with Gasteiger partial charge in [-0.1, -0.05) is 41.9 Å². The van der Waals surface area contributed by atoms with Gasteiger partial charge in [-0.2, -0.15) is 13.2 Å². The monoisotopic (exact) mass is 627 g/mol. The smallest absolute Gasteiger partial charge is 0.386 e. The number of alkyl halides is 3. The summed E-state index contributed by atoms with van der Waals surface area (Å²) in [6.07, 6.45) is -2.54. The summed E-state index contributed by atoms with van der Waals surface area (Å²) in [5.74, 6) is -5.16. The minimum atomic E-state index is -5.34. The van der Waals surface area contributed by atoms with Crippen LogP contribution in [0.1, 0.15) is 41.6 Å². The van der Waals surface area contributed by atoms with Gasteiger partial charge in [0.2, 0.25) is 5.91 Å². The molecule has 0 aliphatic carbocycles. The van der Waals surface area contributed by atoms with Crippen molar-refractivity contribution >= 4 is 46.7 Å². The standard InChI is InChI=1S/C32H29ClF3N3O5/c33-24-9-4-21(5-10-24)19-39-27-13-8-23(22-6-11-25(12-7-22)37-15-2-1-3-16-37)18-26(27)30(42)38(20-28(39)40)17-14-29(41)44-31(43)32(34,35)36/h4-13,18H,1-3,14-17,19-20H2. The van der Waals surface area contributed by atoms with Gasteiger partial charge in [-0.15, -0.1) is 0 Å². The van der Waals surface area contributed by atoms with Crippen LogP contribution in [0.25, 0.3) is 11.1 Å². The van der Waals surface area contributed by atoms with Crippen molar-refractivity contribution in [2.75, 3.05) is 36.0 Å². The molecule has 1 fully saturated rings. The zero-order valence-electron chi connectivity index (χ0n) is 23.6. The summed E-state index contributed by atoms with van der Waals surface area (Å²) < 4.78 is 41.4. The molecule has 0 saturated carbocycles. The number of nitrogens with zero attached hydrogens (tertiary/aromatic N) is 3. The Morgan fingerprint density at radius 2 is 1.52 bits per heavy atom. The van der Waals surface area contributed by atoms with Crippen LogP contribution < -0.4 is 9.80 Å². The molecule has 2 amide bonds. The number of halogens is 4. The topological polar surface area (TPSA) is 87.2 Å². The Labute approximate surface area is 256 Å². The average molecular weight is 628 g/mol. The van der Waals surface area contributed by atoms with Crippen LogP contribution in [0.3, 0.4) is 0 Å². The van der Waals surface area contributed by atoms with Crippen LogP contribution in [0.15, 0.2) is 66.7 Å². The molecule has 5 rings (SSSR count). The number of carbonyl (C=O) groups excluding carboxylic acids is 4. The number of anilines is 2. The number of hydrogen-bond donors (Lipinski definition) is 0. The van der Waals surface area contributed by atoms with Gasteiger partial charge in [0.15, 0.2) is 0 Å². The molecule has 0 N–H and O–H groups in total. The second-order valence-corrected chi connectivity index (χ2v) is 11.1. The highest BCUT2D eigenvalue weighted by Crippen LogP contribution is 2.33. The summed E-state index contributed by atoms with van der Waals surface area (Å²) in [4.78, 5) is 55.2. The number of hydrogen-bond acceptors (Lipinski definition) is 6. The molecule has 2 heterocycles. The largest absolute Gasteiger partial charge is 0.491 e. The van der Waals surface area contributed by atoms with E-state index in [-0.39, 0.29) is 12.1 Å².